The summed E-state index contributed by atoms with van der Waals surface area (Å²) in [6.07, 6.45) is 0.168. The van der Waals surface area contributed by atoms with Crippen molar-refractivity contribution in [1.29, 1.82) is 0 Å². The van der Waals surface area contributed by atoms with E-state index in [0.717, 1.165) is 38.7 Å². The minimum absolute atomic E-state index is 0.168. The fraction of sp³-hybridized carbons (Fsp3) is 0.125. The second-order valence-electron chi connectivity index (χ2n) is 6.46. The van der Waals surface area contributed by atoms with Crippen LogP contribution in [-0.2, 0) is 0 Å². The molecule has 4 rings (SSSR count). The Labute approximate surface area is 153 Å². The van der Waals surface area contributed by atoms with Crippen LogP contribution in [0.4, 0.5) is 0 Å². The molecule has 1 aromatic heterocycles. The minimum Gasteiger partial charge on any atom is -0.491 e. The van der Waals surface area contributed by atoms with Crippen molar-refractivity contribution in [3.8, 4) is 17.6 Å². The maximum atomic E-state index is 5.69. The second kappa shape index (κ2) is 6.90. The van der Waals surface area contributed by atoms with Gasteiger partial charge in [0, 0.05) is 21.9 Å². The van der Waals surface area contributed by atoms with Crippen molar-refractivity contribution in [3.63, 3.8) is 0 Å². The third kappa shape index (κ3) is 3.25. The number of pyridine rings is 1. The Morgan fingerprint density at radius 3 is 1.88 bits per heavy atom. The third-order valence-electron chi connectivity index (χ3n) is 4.15. The first-order valence-corrected chi connectivity index (χ1v) is 8.77. The zero-order chi connectivity index (χ0) is 17.9. The molecule has 0 fully saturated rings. The average Bonchev–Trinajstić information content (AvgIpc) is 2.66. The Kier molecular flexibility index (Phi) is 4.29. The topological polar surface area (TPSA) is 22.1 Å². The van der Waals surface area contributed by atoms with Crippen LogP contribution in [0.5, 0.6) is 5.75 Å². The predicted octanol–water partition coefficient (Wildman–Crippen LogP) is 5.58. The van der Waals surface area contributed by atoms with Crippen LogP contribution < -0.4 is 4.74 Å². The predicted molar refractivity (Wildman–Crippen MR) is 107 cm³/mol. The highest BCUT2D eigenvalue weighted by atomic mass is 16.5. The maximum absolute atomic E-state index is 5.69. The number of aromatic nitrogens is 1. The van der Waals surface area contributed by atoms with Crippen molar-refractivity contribution < 1.29 is 4.74 Å². The summed E-state index contributed by atoms with van der Waals surface area (Å²) in [6, 6.07) is 24.2. The van der Waals surface area contributed by atoms with Crippen LogP contribution in [0.2, 0.25) is 0 Å². The van der Waals surface area contributed by atoms with E-state index in [2.05, 4.69) is 24.0 Å². The van der Waals surface area contributed by atoms with Gasteiger partial charge >= 0.3 is 0 Å². The first-order valence-electron chi connectivity index (χ1n) is 8.77. The van der Waals surface area contributed by atoms with Gasteiger partial charge < -0.3 is 4.74 Å². The molecule has 0 amide bonds. The highest BCUT2D eigenvalue weighted by Gasteiger charge is 2.06. The van der Waals surface area contributed by atoms with E-state index in [1.54, 1.807) is 0 Å². The molecule has 2 nitrogen and oxygen atoms in total. The molecule has 0 aliphatic carbocycles. The van der Waals surface area contributed by atoms with Gasteiger partial charge in [-0.1, -0.05) is 48.2 Å². The number of ether oxygens (including phenoxy) is 1. The van der Waals surface area contributed by atoms with E-state index in [1.165, 1.54) is 0 Å². The van der Waals surface area contributed by atoms with Crippen molar-refractivity contribution in [2.75, 3.05) is 0 Å². The number of benzene rings is 3. The molecule has 2 heteroatoms. The van der Waals surface area contributed by atoms with E-state index in [9.17, 15) is 0 Å². The highest BCUT2D eigenvalue weighted by Crippen LogP contribution is 2.25. The highest BCUT2D eigenvalue weighted by molar-refractivity contribution is 6.00. The third-order valence-corrected chi connectivity index (χ3v) is 4.15. The molecule has 26 heavy (non-hydrogen) atoms. The Bertz CT molecular complexity index is 1080. The molecule has 4 aromatic rings. The van der Waals surface area contributed by atoms with E-state index in [-0.39, 0.29) is 6.10 Å². The molecular weight excluding hydrogens is 318 g/mol. The Morgan fingerprint density at radius 2 is 1.31 bits per heavy atom. The van der Waals surface area contributed by atoms with Crippen molar-refractivity contribution >= 4 is 21.8 Å². The summed E-state index contributed by atoms with van der Waals surface area (Å²) in [7, 11) is 0. The SMILES string of the molecule is CC(C)Oc1ccc(C#Cc2c3ccccc3nc3ccccc23)cc1. The smallest absolute Gasteiger partial charge is 0.119 e. The van der Waals surface area contributed by atoms with Crippen molar-refractivity contribution in [3.05, 3.63) is 83.9 Å². The van der Waals surface area contributed by atoms with Gasteiger partial charge in [-0.2, -0.15) is 0 Å². The standard InChI is InChI=1S/C24H19NO/c1-17(2)26-19-14-11-18(12-15-19)13-16-20-21-7-3-5-9-23(21)25-24-10-6-4-8-22(20)24/h3-12,14-15,17H,1-2H3. The van der Waals surface area contributed by atoms with E-state index < -0.39 is 0 Å². The van der Waals surface area contributed by atoms with Gasteiger partial charge in [0.15, 0.2) is 0 Å². The van der Waals surface area contributed by atoms with E-state index in [1.807, 2.05) is 74.5 Å². The lowest BCUT2D eigenvalue weighted by Crippen LogP contribution is -2.05. The molecule has 0 N–H and O–H groups in total. The van der Waals surface area contributed by atoms with Crippen molar-refractivity contribution in [2.45, 2.75) is 20.0 Å². The Hall–Kier alpha value is -3.31. The molecule has 1 heterocycles. The lowest BCUT2D eigenvalue weighted by atomic mass is 10.0. The molecule has 0 aliphatic heterocycles. The van der Waals surface area contributed by atoms with Gasteiger partial charge in [0.05, 0.1) is 17.1 Å². The fourth-order valence-electron chi connectivity index (χ4n) is 3.00. The molecule has 0 spiro atoms. The average molecular weight is 337 g/mol. The Morgan fingerprint density at radius 1 is 0.731 bits per heavy atom. The van der Waals surface area contributed by atoms with Crippen LogP contribution in [-0.4, -0.2) is 11.1 Å². The molecule has 0 saturated heterocycles. The largest absolute Gasteiger partial charge is 0.491 e. The van der Waals surface area contributed by atoms with Gasteiger partial charge in [0.25, 0.3) is 0 Å². The lowest BCUT2D eigenvalue weighted by Gasteiger charge is -2.08. The zero-order valence-electron chi connectivity index (χ0n) is 14.9. The number of hydrogen-bond donors (Lipinski definition) is 0. The number of para-hydroxylation sites is 2. The number of rotatable bonds is 2. The number of nitrogens with zero attached hydrogens (tertiary/aromatic N) is 1. The monoisotopic (exact) mass is 337 g/mol. The summed E-state index contributed by atoms with van der Waals surface area (Å²) < 4.78 is 5.69. The van der Waals surface area contributed by atoms with E-state index in [0.29, 0.717) is 0 Å². The van der Waals surface area contributed by atoms with Crippen LogP contribution >= 0.6 is 0 Å². The van der Waals surface area contributed by atoms with Gasteiger partial charge in [-0.3, -0.25) is 0 Å². The summed E-state index contributed by atoms with van der Waals surface area (Å²) >= 11 is 0. The van der Waals surface area contributed by atoms with Crippen LogP contribution in [0.3, 0.4) is 0 Å². The molecule has 0 atom stereocenters. The first kappa shape index (κ1) is 16.2. The van der Waals surface area contributed by atoms with Crippen LogP contribution in [0.15, 0.2) is 72.8 Å². The fourth-order valence-corrected chi connectivity index (χ4v) is 3.00. The summed E-state index contributed by atoms with van der Waals surface area (Å²) in [5.41, 5.74) is 3.92. The number of fused-ring (bicyclic) bond motifs is 2. The number of hydrogen-bond acceptors (Lipinski definition) is 2. The van der Waals surface area contributed by atoms with E-state index >= 15 is 0 Å². The molecule has 126 valence electrons. The summed E-state index contributed by atoms with van der Waals surface area (Å²) in [5, 5.41) is 2.16. The van der Waals surface area contributed by atoms with Gasteiger partial charge in [-0.25, -0.2) is 4.98 Å². The quantitative estimate of drug-likeness (QED) is 0.352. The minimum atomic E-state index is 0.168. The van der Waals surface area contributed by atoms with Gasteiger partial charge in [0.2, 0.25) is 0 Å². The summed E-state index contributed by atoms with van der Waals surface area (Å²) in [4.78, 5) is 4.75. The lowest BCUT2D eigenvalue weighted by molar-refractivity contribution is 0.242. The van der Waals surface area contributed by atoms with Gasteiger partial charge in [-0.05, 0) is 50.2 Å². The molecule has 0 bridgehead atoms. The zero-order valence-corrected chi connectivity index (χ0v) is 14.9. The van der Waals surface area contributed by atoms with Crippen LogP contribution in [0.25, 0.3) is 21.8 Å². The van der Waals surface area contributed by atoms with Crippen LogP contribution in [0.1, 0.15) is 25.0 Å². The van der Waals surface area contributed by atoms with Gasteiger partial charge in [0.1, 0.15) is 5.75 Å². The normalized spacial score (nSPS) is 10.7. The Balaban J connectivity index is 1.81. The second-order valence-corrected chi connectivity index (χ2v) is 6.46. The molecule has 3 aromatic carbocycles. The molecule has 0 unspecified atom stereocenters. The van der Waals surface area contributed by atoms with Crippen LogP contribution in [0, 0.1) is 11.8 Å². The van der Waals surface area contributed by atoms with Crippen molar-refractivity contribution in [1.82, 2.24) is 4.98 Å². The molecular formula is C24H19NO. The van der Waals surface area contributed by atoms with E-state index in [4.69, 9.17) is 9.72 Å². The molecule has 0 radical (unpaired) electrons. The maximum Gasteiger partial charge on any atom is 0.119 e. The van der Waals surface area contributed by atoms with Gasteiger partial charge in [-0.15, -0.1) is 0 Å². The summed E-state index contributed by atoms with van der Waals surface area (Å²) in [5.74, 6) is 7.53. The summed E-state index contributed by atoms with van der Waals surface area (Å²) in [6.45, 7) is 4.04. The molecule has 0 aliphatic rings. The van der Waals surface area contributed by atoms with Crippen molar-refractivity contribution in [2.24, 2.45) is 0 Å². The first-order chi connectivity index (χ1) is 12.7. The molecule has 0 saturated carbocycles.